The van der Waals surface area contributed by atoms with Gasteiger partial charge in [-0.2, -0.15) is 0 Å². The molecular weight excluding hydrogens is 1100 g/mol. The molecule has 0 spiro atoms. The predicted molar refractivity (Wildman–Crippen MR) is 331 cm³/mol. The summed E-state index contributed by atoms with van der Waals surface area (Å²) in [7, 11) is -9.89. The van der Waals surface area contributed by atoms with Gasteiger partial charge in [0.05, 0.1) is 26.4 Å². The molecule has 0 heterocycles. The third-order valence-electron chi connectivity index (χ3n) is 14.9. The highest BCUT2D eigenvalue weighted by molar-refractivity contribution is 7.47. The van der Waals surface area contributed by atoms with Crippen molar-refractivity contribution >= 4 is 39.5 Å². The van der Waals surface area contributed by atoms with E-state index in [1.54, 1.807) is 0 Å². The zero-order valence-corrected chi connectivity index (χ0v) is 55.6. The minimum Gasteiger partial charge on any atom is -0.462 e. The second kappa shape index (κ2) is 54.2. The van der Waals surface area contributed by atoms with Crippen LogP contribution in [0, 0.1) is 23.7 Å². The number of hydrogen-bond donors (Lipinski definition) is 3. The van der Waals surface area contributed by atoms with Crippen LogP contribution in [-0.4, -0.2) is 96.7 Å². The molecule has 0 aromatic rings. The standard InChI is InChI=1S/C64H124O17P2/c1-9-57(8)43-35-27-22-23-31-39-47-64(69)81-60(51-74-61(66)44-36-28-19-14-13-17-25-33-41-55(4)5)53-79-83(72,73)77-49-58(65)48-76-82(70,71)78-52-59(50-75-62(67)45-37-29-21-15-18-26-34-42-56(6)7)80-63(68)46-38-30-20-12-10-11-16-24-32-40-54(2)3/h54-60,65H,9-53H2,1-8H3,(H,70,71)(H,72,73)/t57?,58?,59-,60-/m1/s1. The van der Waals surface area contributed by atoms with Crippen LogP contribution in [0.3, 0.4) is 0 Å². The molecule has 0 amide bonds. The fraction of sp³-hybridized carbons (Fsp3) is 0.938. The van der Waals surface area contributed by atoms with Crippen LogP contribution in [0.4, 0.5) is 0 Å². The van der Waals surface area contributed by atoms with Crippen molar-refractivity contribution in [3.63, 3.8) is 0 Å². The average molecular weight is 1230 g/mol. The molecular formula is C64H124O17P2. The summed E-state index contributed by atoms with van der Waals surface area (Å²) in [6.07, 6.45) is 33.6. The van der Waals surface area contributed by atoms with Crippen LogP contribution in [-0.2, 0) is 65.4 Å². The van der Waals surface area contributed by atoms with Crippen molar-refractivity contribution in [3.05, 3.63) is 0 Å². The largest absolute Gasteiger partial charge is 0.472 e. The number of carbonyl (C=O) groups excluding carboxylic acids is 4. The zero-order chi connectivity index (χ0) is 61.8. The van der Waals surface area contributed by atoms with Crippen LogP contribution in [0.2, 0.25) is 0 Å². The maximum Gasteiger partial charge on any atom is 0.472 e. The van der Waals surface area contributed by atoms with Gasteiger partial charge in [-0.05, 0) is 49.4 Å². The number of phosphoric acid groups is 2. The Morgan fingerprint density at radius 2 is 0.578 bits per heavy atom. The zero-order valence-electron chi connectivity index (χ0n) is 53.8. The van der Waals surface area contributed by atoms with Gasteiger partial charge in [0.2, 0.25) is 0 Å². The van der Waals surface area contributed by atoms with Crippen LogP contribution in [0.15, 0.2) is 0 Å². The van der Waals surface area contributed by atoms with E-state index in [1.807, 2.05) is 0 Å². The number of phosphoric ester groups is 2. The molecule has 0 fully saturated rings. The quantitative estimate of drug-likeness (QED) is 0.0222. The number of carbonyl (C=O) groups is 4. The van der Waals surface area contributed by atoms with Gasteiger partial charge < -0.3 is 33.8 Å². The molecule has 0 saturated carbocycles. The van der Waals surface area contributed by atoms with E-state index in [-0.39, 0.29) is 25.7 Å². The van der Waals surface area contributed by atoms with Gasteiger partial charge >= 0.3 is 39.5 Å². The molecule has 0 aromatic carbocycles. The van der Waals surface area contributed by atoms with Crippen molar-refractivity contribution in [2.75, 3.05) is 39.6 Å². The molecule has 0 aliphatic heterocycles. The number of aliphatic hydroxyl groups excluding tert-OH is 1. The number of esters is 4. The molecule has 0 saturated heterocycles. The number of aliphatic hydroxyl groups is 1. The van der Waals surface area contributed by atoms with Crippen LogP contribution in [0.25, 0.3) is 0 Å². The lowest BCUT2D eigenvalue weighted by atomic mass is 10.00. The molecule has 0 rings (SSSR count). The minimum atomic E-state index is -4.95. The molecule has 3 N–H and O–H groups in total. The number of ether oxygens (including phenoxy) is 4. The lowest BCUT2D eigenvalue weighted by Gasteiger charge is -2.21. The van der Waals surface area contributed by atoms with E-state index in [4.69, 9.17) is 37.0 Å². The van der Waals surface area contributed by atoms with Gasteiger partial charge in [-0.25, -0.2) is 9.13 Å². The van der Waals surface area contributed by atoms with E-state index in [0.717, 1.165) is 114 Å². The Bertz CT molecular complexity index is 1660. The van der Waals surface area contributed by atoms with Gasteiger partial charge in [-0.1, -0.05) is 254 Å². The second-order valence-corrected chi connectivity index (χ2v) is 27.7. The summed E-state index contributed by atoms with van der Waals surface area (Å²) in [5, 5.41) is 10.5. The molecule has 0 aliphatic carbocycles. The number of rotatable bonds is 61. The Morgan fingerprint density at radius 3 is 0.855 bits per heavy atom. The summed E-state index contributed by atoms with van der Waals surface area (Å²) >= 11 is 0. The van der Waals surface area contributed by atoms with Gasteiger partial charge in [0.1, 0.15) is 19.3 Å². The van der Waals surface area contributed by atoms with E-state index in [2.05, 4.69) is 55.4 Å². The third kappa shape index (κ3) is 57.6. The summed E-state index contributed by atoms with van der Waals surface area (Å²) in [5.74, 6) is 0.746. The molecule has 0 bridgehead atoms. The van der Waals surface area contributed by atoms with Crippen molar-refractivity contribution in [2.24, 2.45) is 23.7 Å². The summed E-state index contributed by atoms with van der Waals surface area (Å²) in [6, 6.07) is 0. The van der Waals surface area contributed by atoms with E-state index in [9.17, 15) is 43.2 Å². The monoisotopic (exact) mass is 1230 g/mol. The van der Waals surface area contributed by atoms with Crippen LogP contribution in [0.5, 0.6) is 0 Å². The summed E-state index contributed by atoms with van der Waals surface area (Å²) in [5.41, 5.74) is 0. The Hall–Kier alpha value is -1.94. The summed E-state index contributed by atoms with van der Waals surface area (Å²) < 4.78 is 68.0. The second-order valence-electron chi connectivity index (χ2n) is 24.8. The molecule has 17 nitrogen and oxygen atoms in total. The van der Waals surface area contributed by atoms with Crippen molar-refractivity contribution in [2.45, 2.75) is 324 Å². The molecule has 4 unspecified atom stereocenters. The third-order valence-corrected chi connectivity index (χ3v) is 16.8. The van der Waals surface area contributed by atoms with Crippen LogP contribution >= 0.6 is 15.6 Å². The average Bonchev–Trinajstić information content (AvgIpc) is 3.43. The first-order valence-corrected chi connectivity index (χ1v) is 36.2. The van der Waals surface area contributed by atoms with Crippen LogP contribution < -0.4 is 0 Å². The first kappa shape index (κ1) is 81.1. The van der Waals surface area contributed by atoms with Gasteiger partial charge in [0, 0.05) is 25.7 Å². The maximum atomic E-state index is 13.0. The predicted octanol–water partition coefficient (Wildman–Crippen LogP) is 17.4. The highest BCUT2D eigenvalue weighted by Gasteiger charge is 2.30. The molecule has 0 aliphatic rings. The van der Waals surface area contributed by atoms with Gasteiger partial charge in [0.25, 0.3) is 0 Å². The first-order chi connectivity index (χ1) is 39.6. The highest BCUT2D eigenvalue weighted by atomic mass is 31.2. The minimum absolute atomic E-state index is 0.102. The Balaban J connectivity index is 5.26. The SMILES string of the molecule is CCC(C)CCCCCCCCC(=O)O[C@H](COC(=O)CCCCCCCCCCC(C)C)COP(=O)(O)OCC(O)COP(=O)(O)OC[C@@H](COC(=O)CCCCCCCCCC(C)C)OC(=O)CCCCCCCCCCCC(C)C. The molecule has 6 atom stereocenters. The summed E-state index contributed by atoms with van der Waals surface area (Å²) in [4.78, 5) is 72.2. The molecule has 0 radical (unpaired) electrons. The van der Waals surface area contributed by atoms with Crippen molar-refractivity contribution in [3.8, 4) is 0 Å². The smallest absolute Gasteiger partial charge is 0.462 e. The van der Waals surface area contributed by atoms with E-state index >= 15 is 0 Å². The van der Waals surface area contributed by atoms with Crippen molar-refractivity contribution < 1.29 is 80.2 Å². The van der Waals surface area contributed by atoms with Crippen molar-refractivity contribution in [1.82, 2.24) is 0 Å². The Morgan fingerprint density at radius 1 is 0.337 bits per heavy atom. The van der Waals surface area contributed by atoms with E-state index in [0.29, 0.717) is 31.6 Å². The molecule has 83 heavy (non-hydrogen) atoms. The lowest BCUT2D eigenvalue weighted by Crippen LogP contribution is -2.30. The summed E-state index contributed by atoms with van der Waals surface area (Å²) in [6.45, 7) is 13.9. The number of hydrogen-bond acceptors (Lipinski definition) is 15. The highest BCUT2D eigenvalue weighted by Crippen LogP contribution is 2.45. The Kier molecular flexibility index (Phi) is 53.0. The molecule has 0 aromatic heterocycles. The topological polar surface area (TPSA) is 237 Å². The van der Waals surface area contributed by atoms with E-state index in [1.165, 1.54) is 103 Å². The first-order valence-electron chi connectivity index (χ1n) is 33.2. The Labute approximate surface area is 505 Å². The molecule has 19 heteroatoms. The van der Waals surface area contributed by atoms with Gasteiger partial charge in [0.15, 0.2) is 12.2 Å². The lowest BCUT2D eigenvalue weighted by molar-refractivity contribution is -0.161. The van der Waals surface area contributed by atoms with Gasteiger partial charge in [-0.15, -0.1) is 0 Å². The van der Waals surface area contributed by atoms with Gasteiger partial charge in [-0.3, -0.25) is 37.3 Å². The normalized spacial score (nSPS) is 14.8. The number of unbranched alkanes of at least 4 members (excludes halogenated alkanes) is 26. The molecule has 492 valence electrons. The maximum absolute atomic E-state index is 13.0. The van der Waals surface area contributed by atoms with Crippen LogP contribution in [0.1, 0.15) is 306 Å². The fourth-order valence-electron chi connectivity index (χ4n) is 9.40. The van der Waals surface area contributed by atoms with E-state index < -0.39 is 97.5 Å². The van der Waals surface area contributed by atoms with Crippen molar-refractivity contribution in [1.29, 1.82) is 0 Å². The fourth-order valence-corrected chi connectivity index (χ4v) is 11.0.